The largest absolute Gasteiger partial charge is 0.490 e. The van der Waals surface area contributed by atoms with Crippen molar-refractivity contribution in [2.24, 2.45) is 0 Å². The number of rotatable bonds is 9. The molecule has 0 saturated carbocycles. The summed E-state index contributed by atoms with van der Waals surface area (Å²) < 4.78 is 11.6. The zero-order valence-corrected chi connectivity index (χ0v) is 16.3. The molecule has 6 nitrogen and oxygen atoms in total. The Labute approximate surface area is 162 Å². The molecule has 140 valence electrons. The zero-order valence-electron chi connectivity index (χ0n) is 14.7. The van der Waals surface area contributed by atoms with Crippen LogP contribution in [0.2, 0.25) is 0 Å². The third-order valence-corrected chi connectivity index (χ3v) is 4.87. The van der Waals surface area contributed by atoms with Crippen molar-refractivity contribution < 1.29 is 24.2 Å². The Morgan fingerprint density at radius 3 is 2.73 bits per heavy atom. The van der Waals surface area contributed by atoms with Gasteiger partial charge in [-0.1, -0.05) is 43.4 Å². The van der Waals surface area contributed by atoms with Gasteiger partial charge in [-0.25, -0.2) is 0 Å². The van der Waals surface area contributed by atoms with E-state index in [1.807, 2.05) is 19.1 Å². The zero-order chi connectivity index (χ0) is 19.1. The Balaban J connectivity index is 2.21. The number of hydrogen-bond acceptors (Lipinski definition) is 6. The second kappa shape index (κ2) is 9.59. The highest BCUT2D eigenvalue weighted by molar-refractivity contribution is 8.26. The monoisotopic (exact) mass is 395 g/mol. The smallest absolute Gasteiger partial charge is 0.323 e. The highest BCUT2D eigenvalue weighted by Crippen LogP contribution is 2.34. The number of ether oxygens (including phenoxy) is 2. The Morgan fingerprint density at radius 2 is 2.08 bits per heavy atom. The maximum Gasteiger partial charge on any atom is 0.323 e. The van der Waals surface area contributed by atoms with Crippen LogP contribution in [-0.4, -0.2) is 46.0 Å². The standard InChI is InChI=1S/C18H21NO5S2/c1-3-5-8-24-13-7-6-12(9-14(13)23-4-2)10-15-17(22)19(11-16(20)21)18(25)26-15/h6-7,9-10H,3-5,8,11H2,1-2H3,(H,20,21)/b15-10+. The van der Waals surface area contributed by atoms with Crippen LogP contribution in [0.1, 0.15) is 32.3 Å². The van der Waals surface area contributed by atoms with Gasteiger partial charge in [0.25, 0.3) is 5.91 Å². The molecule has 1 aliphatic rings. The SMILES string of the molecule is CCCCOc1ccc(/C=C2/SC(=S)N(CC(=O)O)C2=O)cc1OCC. The number of amides is 1. The van der Waals surface area contributed by atoms with E-state index >= 15 is 0 Å². The first kappa shape index (κ1) is 20.3. The number of carboxylic acid groups (broad SMARTS) is 1. The lowest BCUT2D eigenvalue weighted by Crippen LogP contribution is -2.33. The first-order valence-electron chi connectivity index (χ1n) is 8.33. The van der Waals surface area contributed by atoms with Gasteiger partial charge in [-0.05, 0) is 37.1 Å². The average Bonchev–Trinajstić information content (AvgIpc) is 2.84. The van der Waals surface area contributed by atoms with Gasteiger partial charge in [-0.2, -0.15) is 0 Å². The van der Waals surface area contributed by atoms with Gasteiger partial charge < -0.3 is 14.6 Å². The molecule has 1 fully saturated rings. The van der Waals surface area contributed by atoms with Gasteiger partial charge in [-0.15, -0.1) is 0 Å². The molecule has 26 heavy (non-hydrogen) atoms. The number of hydrogen-bond donors (Lipinski definition) is 1. The van der Waals surface area contributed by atoms with Gasteiger partial charge in [0.05, 0.1) is 18.1 Å². The van der Waals surface area contributed by atoms with E-state index in [0.717, 1.165) is 35.1 Å². The van der Waals surface area contributed by atoms with E-state index in [2.05, 4.69) is 6.92 Å². The molecule has 1 N–H and O–H groups in total. The van der Waals surface area contributed by atoms with Crippen molar-refractivity contribution in [3.05, 3.63) is 28.7 Å². The number of thiocarbonyl (C=S) groups is 1. The second-order valence-corrected chi connectivity index (χ2v) is 7.18. The first-order chi connectivity index (χ1) is 12.5. The molecule has 8 heteroatoms. The molecule has 0 aromatic heterocycles. The van der Waals surface area contributed by atoms with E-state index in [4.69, 9.17) is 26.8 Å². The Kier molecular flexibility index (Phi) is 7.47. The van der Waals surface area contributed by atoms with Crippen LogP contribution in [0, 0.1) is 0 Å². The normalized spacial score (nSPS) is 15.6. The predicted molar refractivity (Wildman–Crippen MR) is 106 cm³/mol. The molecule has 1 aromatic rings. The summed E-state index contributed by atoms with van der Waals surface area (Å²) in [4.78, 5) is 24.7. The summed E-state index contributed by atoms with van der Waals surface area (Å²) in [6, 6.07) is 5.44. The Hall–Kier alpha value is -2.06. The number of nitrogens with zero attached hydrogens (tertiary/aromatic N) is 1. The number of carbonyl (C=O) groups excluding carboxylic acids is 1. The highest BCUT2D eigenvalue weighted by Gasteiger charge is 2.33. The molecule has 1 heterocycles. The molecule has 0 aliphatic carbocycles. The number of carbonyl (C=O) groups is 2. The van der Waals surface area contributed by atoms with Crippen LogP contribution in [0.4, 0.5) is 0 Å². The number of thioether (sulfide) groups is 1. The predicted octanol–water partition coefficient (Wildman–Crippen LogP) is 3.55. The number of benzene rings is 1. The lowest BCUT2D eigenvalue weighted by atomic mass is 10.2. The van der Waals surface area contributed by atoms with E-state index in [-0.39, 0.29) is 4.32 Å². The molecular formula is C18H21NO5S2. The Morgan fingerprint density at radius 1 is 1.31 bits per heavy atom. The molecule has 0 atom stereocenters. The summed E-state index contributed by atoms with van der Waals surface area (Å²) in [5.74, 6) is -0.229. The van der Waals surface area contributed by atoms with Crippen molar-refractivity contribution in [2.75, 3.05) is 19.8 Å². The third kappa shape index (κ3) is 5.22. The summed E-state index contributed by atoms with van der Waals surface area (Å²) in [5.41, 5.74) is 0.757. The van der Waals surface area contributed by atoms with Crippen LogP contribution in [0.5, 0.6) is 11.5 Å². The lowest BCUT2D eigenvalue weighted by molar-refractivity contribution is -0.140. The molecule has 0 unspecified atom stereocenters. The number of carboxylic acids is 1. The summed E-state index contributed by atoms with van der Waals surface area (Å²) in [5, 5.41) is 8.89. The topological polar surface area (TPSA) is 76.1 Å². The molecule has 2 rings (SSSR count). The quantitative estimate of drug-likeness (QED) is 0.389. The van der Waals surface area contributed by atoms with Crippen molar-refractivity contribution in [3.8, 4) is 11.5 Å². The van der Waals surface area contributed by atoms with E-state index in [9.17, 15) is 9.59 Å². The van der Waals surface area contributed by atoms with Gasteiger partial charge in [0, 0.05) is 0 Å². The van der Waals surface area contributed by atoms with Crippen molar-refractivity contribution in [1.29, 1.82) is 0 Å². The maximum absolute atomic E-state index is 12.3. The van der Waals surface area contributed by atoms with Gasteiger partial charge in [0.2, 0.25) is 0 Å². The van der Waals surface area contributed by atoms with E-state index in [0.29, 0.717) is 29.6 Å². The fourth-order valence-electron chi connectivity index (χ4n) is 2.25. The molecule has 1 aliphatic heterocycles. The van der Waals surface area contributed by atoms with E-state index < -0.39 is 18.4 Å². The fourth-order valence-corrected chi connectivity index (χ4v) is 3.51. The van der Waals surface area contributed by atoms with Crippen LogP contribution >= 0.6 is 24.0 Å². The highest BCUT2D eigenvalue weighted by atomic mass is 32.2. The summed E-state index contributed by atoms with van der Waals surface area (Å²) in [6.07, 6.45) is 3.68. The minimum absolute atomic E-state index is 0.244. The Bertz CT molecular complexity index is 732. The van der Waals surface area contributed by atoms with Crippen LogP contribution < -0.4 is 9.47 Å². The molecule has 0 spiro atoms. The van der Waals surface area contributed by atoms with Gasteiger partial charge >= 0.3 is 5.97 Å². The average molecular weight is 396 g/mol. The van der Waals surface area contributed by atoms with Crippen LogP contribution in [-0.2, 0) is 9.59 Å². The van der Waals surface area contributed by atoms with Crippen molar-refractivity contribution in [1.82, 2.24) is 4.90 Å². The van der Waals surface area contributed by atoms with Crippen molar-refractivity contribution >= 4 is 46.3 Å². The third-order valence-electron chi connectivity index (χ3n) is 3.49. The first-order valence-corrected chi connectivity index (χ1v) is 9.55. The minimum Gasteiger partial charge on any atom is -0.490 e. The molecule has 0 bridgehead atoms. The van der Waals surface area contributed by atoms with Crippen LogP contribution in [0.3, 0.4) is 0 Å². The van der Waals surface area contributed by atoms with Crippen molar-refractivity contribution in [2.45, 2.75) is 26.7 Å². The molecule has 1 saturated heterocycles. The van der Waals surface area contributed by atoms with Gasteiger partial charge in [-0.3, -0.25) is 14.5 Å². The van der Waals surface area contributed by atoms with E-state index in [1.54, 1.807) is 12.1 Å². The van der Waals surface area contributed by atoms with Crippen LogP contribution in [0.15, 0.2) is 23.1 Å². The molecular weight excluding hydrogens is 374 g/mol. The van der Waals surface area contributed by atoms with E-state index in [1.165, 1.54) is 0 Å². The van der Waals surface area contributed by atoms with Gasteiger partial charge in [0.15, 0.2) is 11.5 Å². The molecule has 0 radical (unpaired) electrons. The van der Waals surface area contributed by atoms with Crippen LogP contribution in [0.25, 0.3) is 6.08 Å². The molecule has 1 amide bonds. The van der Waals surface area contributed by atoms with Gasteiger partial charge in [0.1, 0.15) is 10.9 Å². The summed E-state index contributed by atoms with van der Waals surface area (Å²) in [7, 11) is 0. The molecule has 1 aromatic carbocycles. The summed E-state index contributed by atoms with van der Waals surface area (Å²) in [6.45, 7) is 4.66. The maximum atomic E-state index is 12.3. The lowest BCUT2D eigenvalue weighted by Gasteiger charge is -2.12. The summed E-state index contributed by atoms with van der Waals surface area (Å²) >= 11 is 6.19. The minimum atomic E-state index is -1.10. The number of aliphatic carboxylic acids is 1. The fraction of sp³-hybridized carbons (Fsp3) is 0.389. The number of unbranched alkanes of at least 4 members (excludes halogenated alkanes) is 1. The van der Waals surface area contributed by atoms with Crippen molar-refractivity contribution in [3.63, 3.8) is 0 Å². The second-order valence-electron chi connectivity index (χ2n) is 5.50.